The summed E-state index contributed by atoms with van der Waals surface area (Å²) >= 11 is 0. The molecule has 2 N–H and O–H groups in total. The van der Waals surface area contributed by atoms with Crippen LogP contribution in [0.4, 0.5) is 13.2 Å². The third kappa shape index (κ3) is 8.92. The first kappa shape index (κ1) is 19.1. The Balaban J connectivity index is 2.17. The lowest BCUT2D eigenvalue weighted by molar-refractivity contribution is -0.132. The number of halogens is 3. The number of guanidine groups is 1. The maximum absolute atomic E-state index is 12.0. The van der Waals surface area contributed by atoms with E-state index in [9.17, 15) is 13.2 Å². The zero-order valence-electron chi connectivity index (χ0n) is 13.2. The van der Waals surface area contributed by atoms with Crippen LogP contribution in [0.5, 0.6) is 5.75 Å². The van der Waals surface area contributed by atoms with Gasteiger partial charge < -0.3 is 20.1 Å². The predicted molar refractivity (Wildman–Crippen MR) is 82.7 cm³/mol. The van der Waals surface area contributed by atoms with Crippen molar-refractivity contribution >= 4 is 5.96 Å². The average molecular weight is 333 g/mol. The van der Waals surface area contributed by atoms with Crippen molar-refractivity contribution < 1.29 is 22.6 Å². The number of aliphatic imine (C=N–C) groups is 1. The van der Waals surface area contributed by atoms with Gasteiger partial charge in [0.05, 0.1) is 26.7 Å². The lowest BCUT2D eigenvalue weighted by atomic mass is 10.2. The Morgan fingerprint density at radius 2 is 1.96 bits per heavy atom. The summed E-state index contributed by atoms with van der Waals surface area (Å²) < 4.78 is 46.8. The predicted octanol–water partition coefficient (Wildman–Crippen LogP) is 2.33. The molecule has 5 nitrogen and oxygen atoms in total. The van der Waals surface area contributed by atoms with Crippen molar-refractivity contribution in [3.63, 3.8) is 0 Å². The molecule has 0 atom stereocenters. The van der Waals surface area contributed by atoms with Gasteiger partial charge in [0.15, 0.2) is 5.96 Å². The summed E-state index contributed by atoms with van der Waals surface area (Å²) in [5.74, 6) is 1.08. The van der Waals surface area contributed by atoms with Crippen LogP contribution in [-0.2, 0) is 11.3 Å². The molecule has 0 aromatic heterocycles. The van der Waals surface area contributed by atoms with Gasteiger partial charge in [0.25, 0.3) is 0 Å². The second-order valence-corrected chi connectivity index (χ2v) is 4.70. The molecular weight excluding hydrogens is 311 g/mol. The van der Waals surface area contributed by atoms with Crippen LogP contribution < -0.4 is 15.4 Å². The number of hydrogen-bond acceptors (Lipinski definition) is 3. The Morgan fingerprint density at radius 3 is 2.61 bits per heavy atom. The van der Waals surface area contributed by atoms with Crippen LogP contribution in [0.1, 0.15) is 12.0 Å². The van der Waals surface area contributed by atoms with Crippen molar-refractivity contribution in [2.75, 3.05) is 33.9 Å². The lowest BCUT2D eigenvalue weighted by Gasteiger charge is -2.13. The molecule has 0 saturated carbocycles. The molecule has 8 heteroatoms. The smallest absolute Gasteiger partial charge is 0.390 e. The summed E-state index contributed by atoms with van der Waals surface area (Å²) in [5.41, 5.74) is 0.983. The highest BCUT2D eigenvalue weighted by molar-refractivity contribution is 5.79. The quantitative estimate of drug-likeness (QED) is 0.436. The molecule has 0 spiro atoms. The van der Waals surface area contributed by atoms with Crippen molar-refractivity contribution in [1.82, 2.24) is 10.6 Å². The lowest BCUT2D eigenvalue weighted by Crippen LogP contribution is -2.40. The number of nitrogens with zero attached hydrogens (tertiary/aromatic N) is 1. The number of alkyl halides is 3. The van der Waals surface area contributed by atoms with Gasteiger partial charge in [0.2, 0.25) is 0 Å². The van der Waals surface area contributed by atoms with Crippen molar-refractivity contribution in [3.8, 4) is 5.75 Å². The van der Waals surface area contributed by atoms with Gasteiger partial charge in [-0.3, -0.25) is 4.99 Å². The zero-order chi connectivity index (χ0) is 17.1. The van der Waals surface area contributed by atoms with Crippen LogP contribution >= 0.6 is 0 Å². The van der Waals surface area contributed by atoms with Crippen molar-refractivity contribution in [2.24, 2.45) is 4.99 Å². The van der Waals surface area contributed by atoms with E-state index in [1.807, 2.05) is 24.3 Å². The van der Waals surface area contributed by atoms with Gasteiger partial charge in [-0.05, 0) is 17.7 Å². The van der Waals surface area contributed by atoms with E-state index < -0.39 is 12.6 Å². The molecule has 0 radical (unpaired) electrons. The van der Waals surface area contributed by atoms with Crippen LogP contribution in [0, 0.1) is 0 Å². The molecule has 0 aliphatic rings. The minimum Gasteiger partial charge on any atom is -0.497 e. The summed E-state index contributed by atoms with van der Waals surface area (Å²) in [5, 5.41) is 5.48. The minimum atomic E-state index is -4.17. The number of nitrogens with one attached hydrogen (secondary N) is 2. The highest BCUT2D eigenvalue weighted by atomic mass is 19.4. The van der Waals surface area contributed by atoms with Crippen LogP contribution in [0.25, 0.3) is 0 Å². The van der Waals surface area contributed by atoms with Gasteiger partial charge in [-0.25, -0.2) is 0 Å². The summed E-state index contributed by atoms with van der Waals surface area (Å²) in [7, 11) is 3.10. The van der Waals surface area contributed by atoms with E-state index in [4.69, 9.17) is 9.47 Å². The maximum atomic E-state index is 12.0. The molecule has 1 aromatic carbocycles. The van der Waals surface area contributed by atoms with Crippen molar-refractivity contribution in [3.05, 3.63) is 29.8 Å². The van der Waals surface area contributed by atoms with Gasteiger partial charge in [0, 0.05) is 20.1 Å². The molecule has 0 heterocycles. The standard InChI is InChI=1S/C15H22F3N3O2/c1-19-14(20-7-6-15(16,17)18)21-8-9-23-11-12-4-3-5-13(10-12)22-2/h3-5,10H,6-9,11H2,1-2H3,(H2,19,20,21). The number of benzene rings is 1. The van der Waals surface area contributed by atoms with E-state index in [1.54, 1.807) is 7.11 Å². The van der Waals surface area contributed by atoms with E-state index in [2.05, 4.69) is 15.6 Å². The Morgan fingerprint density at radius 1 is 1.22 bits per heavy atom. The Kier molecular flexibility index (Phi) is 8.25. The van der Waals surface area contributed by atoms with Gasteiger partial charge in [0.1, 0.15) is 5.75 Å². The molecule has 0 bridgehead atoms. The van der Waals surface area contributed by atoms with Crippen LogP contribution in [0.3, 0.4) is 0 Å². The summed E-state index contributed by atoms with van der Waals surface area (Å²) in [6.07, 6.45) is -5.08. The first-order valence-corrected chi connectivity index (χ1v) is 7.16. The molecular formula is C15H22F3N3O2. The molecule has 0 fully saturated rings. The van der Waals surface area contributed by atoms with Gasteiger partial charge in [-0.15, -0.1) is 0 Å². The molecule has 0 unspecified atom stereocenters. The SMILES string of the molecule is CN=C(NCCOCc1cccc(OC)c1)NCCC(F)(F)F. The Hall–Kier alpha value is -1.96. The fraction of sp³-hybridized carbons (Fsp3) is 0.533. The third-order valence-electron chi connectivity index (χ3n) is 2.87. The highest BCUT2D eigenvalue weighted by Crippen LogP contribution is 2.18. The van der Waals surface area contributed by atoms with Crippen molar-refractivity contribution in [1.29, 1.82) is 0 Å². The number of rotatable bonds is 8. The molecule has 130 valence electrons. The molecule has 1 aromatic rings. The van der Waals surface area contributed by atoms with Crippen LogP contribution in [0.2, 0.25) is 0 Å². The van der Waals surface area contributed by atoms with Gasteiger partial charge in [-0.1, -0.05) is 12.1 Å². The van der Waals surface area contributed by atoms with Crippen molar-refractivity contribution in [2.45, 2.75) is 19.2 Å². The second-order valence-electron chi connectivity index (χ2n) is 4.70. The fourth-order valence-corrected chi connectivity index (χ4v) is 1.74. The first-order valence-electron chi connectivity index (χ1n) is 7.16. The number of methoxy groups -OCH3 is 1. The molecule has 0 saturated heterocycles. The number of ether oxygens (including phenoxy) is 2. The maximum Gasteiger partial charge on any atom is 0.390 e. The third-order valence-corrected chi connectivity index (χ3v) is 2.87. The highest BCUT2D eigenvalue weighted by Gasteiger charge is 2.26. The minimum absolute atomic E-state index is 0.214. The Labute approximate surface area is 133 Å². The van der Waals surface area contributed by atoms with E-state index >= 15 is 0 Å². The largest absolute Gasteiger partial charge is 0.497 e. The number of hydrogen-bond donors (Lipinski definition) is 2. The fourth-order valence-electron chi connectivity index (χ4n) is 1.74. The molecule has 23 heavy (non-hydrogen) atoms. The first-order chi connectivity index (χ1) is 10.9. The van der Waals surface area contributed by atoms with Crippen LogP contribution in [0.15, 0.2) is 29.3 Å². The summed E-state index contributed by atoms with van der Waals surface area (Å²) in [4.78, 5) is 3.84. The monoisotopic (exact) mass is 333 g/mol. The normalized spacial score (nSPS) is 12.1. The molecule has 1 rings (SSSR count). The topological polar surface area (TPSA) is 54.9 Å². The Bertz CT molecular complexity index is 493. The zero-order valence-corrected chi connectivity index (χ0v) is 13.2. The molecule has 0 aliphatic heterocycles. The van der Waals surface area contributed by atoms with Gasteiger partial charge in [-0.2, -0.15) is 13.2 Å². The van der Waals surface area contributed by atoms with Crippen LogP contribution in [-0.4, -0.2) is 46.0 Å². The summed E-state index contributed by atoms with van der Waals surface area (Å²) in [6.45, 7) is 1.06. The van der Waals surface area contributed by atoms with E-state index in [1.165, 1.54) is 7.05 Å². The van der Waals surface area contributed by atoms with E-state index in [-0.39, 0.29) is 6.54 Å². The average Bonchev–Trinajstić information content (AvgIpc) is 2.52. The summed E-state index contributed by atoms with van der Waals surface area (Å²) in [6, 6.07) is 7.53. The van der Waals surface area contributed by atoms with E-state index in [0.29, 0.717) is 25.7 Å². The second kappa shape index (κ2) is 9.94. The van der Waals surface area contributed by atoms with E-state index in [0.717, 1.165) is 11.3 Å². The molecule has 0 aliphatic carbocycles. The van der Waals surface area contributed by atoms with Gasteiger partial charge >= 0.3 is 6.18 Å². The molecule has 0 amide bonds.